The zero-order chi connectivity index (χ0) is 14.8. The lowest BCUT2D eigenvalue weighted by Crippen LogP contribution is -2.35. The Bertz CT molecular complexity index is 600. The minimum absolute atomic E-state index is 0.336. The molecule has 0 aromatic heterocycles. The first-order valence-electron chi connectivity index (χ1n) is 6.39. The number of para-hydroxylation sites is 2. The van der Waals surface area contributed by atoms with Crippen molar-refractivity contribution >= 4 is 27.4 Å². The number of esters is 1. The fourth-order valence-electron chi connectivity index (χ4n) is 2.54. The molecule has 2 atom stereocenters. The van der Waals surface area contributed by atoms with Crippen LogP contribution in [-0.4, -0.2) is 26.7 Å². The van der Waals surface area contributed by atoms with Crippen LogP contribution in [0.1, 0.15) is 19.3 Å². The number of ether oxygens (including phenoxy) is 1. The molecule has 2 rings (SSSR count). The first kappa shape index (κ1) is 14.6. The highest BCUT2D eigenvalue weighted by atomic mass is 32.2. The Morgan fingerprint density at radius 3 is 2.70 bits per heavy atom. The lowest BCUT2D eigenvalue weighted by atomic mass is 10.1. The Morgan fingerprint density at radius 1 is 1.35 bits per heavy atom. The van der Waals surface area contributed by atoms with Crippen molar-refractivity contribution in [2.24, 2.45) is 5.92 Å². The van der Waals surface area contributed by atoms with E-state index in [4.69, 9.17) is 5.73 Å². The van der Waals surface area contributed by atoms with E-state index in [9.17, 15) is 13.2 Å². The summed E-state index contributed by atoms with van der Waals surface area (Å²) in [7, 11) is -2.40. The van der Waals surface area contributed by atoms with Crippen molar-refractivity contribution in [2.45, 2.75) is 24.5 Å². The summed E-state index contributed by atoms with van der Waals surface area (Å²) < 4.78 is 32.0. The van der Waals surface area contributed by atoms with Crippen molar-refractivity contribution in [2.75, 3.05) is 17.6 Å². The zero-order valence-electron chi connectivity index (χ0n) is 11.2. The topological polar surface area (TPSA) is 98.5 Å². The molecule has 110 valence electrons. The zero-order valence-corrected chi connectivity index (χ0v) is 12.0. The van der Waals surface area contributed by atoms with E-state index in [1.807, 2.05) is 0 Å². The van der Waals surface area contributed by atoms with Gasteiger partial charge in [0.15, 0.2) is 0 Å². The van der Waals surface area contributed by atoms with Crippen LogP contribution in [0.15, 0.2) is 24.3 Å². The minimum Gasteiger partial charge on any atom is -0.469 e. The number of benzene rings is 1. The highest BCUT2D eigenvalue weighted by Crippen LogP contribution is 2.33. The molecule has 1 fully saturated rings. The molecule has 6 nitrogen and oxygen atoms in total. The number of anilines is 2. The van der Waals surface area contributed by atoms with E-state index in [1.165, 1.54) is 7.11 Å². The molecule has 0 spiro atoms. The van der Waals surface area contributed by atoms with Crippen molar-refractivity contribution in [3.63, 3.8) is 0 Å². The second-order valence-electron chi connectivity index (χ2n) is 4.83. The molecule has 1 saturated carbocycles. The number of nitrogens with one attached hydrogen (secondary N) is 1. The summed E-state index contributed by atoms with van der Waals surface area (Å²) in [6.45, 7) is 0. The predicted molar refractivity (Wildman–Crippen MR) is 76.5 cm³/mol. The van der Waals surface area contributed by atoms with E-state index in [-0.39, 0.29) is 0 Å². The summed E-state index contributed by atoms with van der Waals surface area (Å²) in [5.74, 6) is -1.08. The van der Waals surface area contributed by atoms with Gasteiger partial charge in [-0.2, -0.15) is 0 Å². The van der Waals surface area contributed by atoms with Crippen LogP contribution in [0.3, 0.4) is 0 Å². The summed E-state index contributed by atoms with van der Waals surface area (Å²) in [6, 6.07) is 6.62. The number of sulfonamides is 1. The van der Waals surface area contributed by atoms with Crippen molar-refractivity contribution < 1.29 is 17.9 Å². The lowest BCUT2D eigenvalue weighted by Gasteiger charge is -2.19. The van der Waals surface area contributed by atoms with Crippen molar-refractivity contribution in [1.29, 1.82) is 0 Å². The third-order valence-corrected chi connectivity index (χ3v) is 5.43. The molecular weight excluding hydrogens is 280 g/mol. The number of carbonyl (C=O) groups is 1. The molecule has 0 heterocycles. The van der Waals surface area contributed by atoms with Crippen LogP contribution in [-0.2, 0) is 19.6 Å². The van der Waals surface area contributed by atoms with Gasteiger partial charge in [-0.1, -0.05) is 18.6 Å². The van der Waals surface area contributed by atoms with Crippen molar-refractivity contribution in [1.82, 2.24) is 0 Å². The first-order valence-corrected chi connectivity index (χ1v) is 7.94. The quantitative estimate of drug-likeness (QED) is 0.646. The molecule has 0 aliphatic heterocycles. The minimum atomic E-state index is -3.67. The maximum Gasteiger partial charge on any atom is 0.310 e. The van der Waals surface area contributed by atoms with Crippen LogP contribution in [0, 0.1) is 5.92 Å². The molecule has 2 unspecified atom stereocenters. The summed E-state index contributed by atoms with van der Waals surface area (Å²) in [4.78, 5) is 11.7. The Kier molecular flexibility index (Phi) is 4.17. The van der Waals surface area contributed by atoms with E-state index in [1.54, 1.807) is 24.3 Å². The lowest BCUT2D eigenvalue weighted by molar-refractivity contribution is -0.145. The second-order valence-corrected chi connectivity index (χ2v) is 6.73. The molecule has 1 aliphatic rings. The number of hydrogen-bond donors (Lipinski definition) is 2. The predicted octanol–water partition coefficient (Wildman–Crippen LogP) is 1.35. The SMILES string of the molecule is COC(=O)C1CCCC1S(=O)(=O)Nc1ccccc1N. The summed E-state index contributed by atoms with van der Waals surface area (Å²) in [5, 5.41) is -0.769. The molecule has 1 aromatic rings. The van der Waals surface area contributed by atoms with E-state index >= 15 is 0 Å². The Hall–Kier alpha value is -1.76. The van der Waals surface area contributed by atoms with E-state index in [0.717, 1.165) is 0 Å². The standard InChI is InChI=1S/C13H18N2O4S/c1-19-13(16)9-5-4-8-12(9)20(17,18)15-11-7-3-2-6-10(11)14/h2-3,6-7,9,12,15H,4-5,8,14H2,1H3. The van der Waals surface area contributed by atoms with Crippen LogP contribution in [0.2, 0.25) is 0 Å². The van der Waals surface area contributed by atoms with Crippen LogP contribution >= 0.6 is 0 Å². The van der Waals surface area contributed by atoms with Gasteiger partial charge in [-0.25, -0.2) is 8.42 Å². The summed E-state index contributed by atoms with van der Waals surface area (Å²) >= 11 is 0. The van der Waals surface area contributed by atoms with Gasteiger partial charge in [-0.15, -0.1) is 0 Å². The van der Waals surface area contributed by atoms with Gasteiger partial charge in [-0.3, -0.25) is 9.52 Å². The average Bonchev–Trinajstić information content (AvgIpc) is 2.90. The molecule has 7 heteroatoms. The fraction of sp³-hybridized carbons (Fsp3) is 0.462. The molecule has 0 amide bonds. The van der Waals surface area contributed by atoms with Gasteiger partial charge in [0.05, 0.1) is 29.7 Å². The molecule has 0 bridgehead atoms. The van der Waals surface area contributed by atoms with Gasteiger partial charge in [0, 0.05) is 0 Å². The number of nitrogen functional groups attached to an aromatic ring is 1. The van der Waals surface area contributed by atoms with Crippen LogP contribution in [0.4, 0.5) is 11.4 Å². The maximum atomic E-state index is 12.4. The molecule has 0 saturated heterocycles. The normalized spacial score (nSPS) is 22.4. The molecule has 3 N–H and O–H groups in total. The molecular formula is C13H18N2O4S. The van der Waals surface area contributed by atoms with E-state index in [2.05, 4.69) is 9.46 Å². The Morgan fingerprint density at radius 2 is 2.05 bits per heavy atom. The van der Waals surface area contributed by atoms with Crippen LogP contribution < -0.4 is 10.5 Å². The van der Waals surface area contributed by atoms with Gasteiger partial charge in [0.1, 0.15) is 0 Å². The fourth-order valence-corrected chi connectivity index (χ4v) is 4.34. The van der Waals surface area contributed by atoms with Crippen molar-refractivity contribution in [3.05, 3.63) is 24.3 Å². The third-order valence-electron chi connectivity index (χ3n) is 3.57. The number of rotatable bonds is 4. The second kappa shape index (κ2) is 5.70. The highest BCUT2D eigenvalue weighted by Gasteiger charge is 2.42. The van der Waals surface area contributed by atoms with Crippen LogP contribution in [0.5, 0.6) is 0 Å². The van der Waals surface area contributed by atoms with E-state index < -0.39 is 27.2 Å². The number of hydrogen-bond acceptors (Lipinski definition) is 5. The summed E-state index contributed by atoms with van der Waals surface area (Å²) in [6.07, 6.45) is 1.67. The van der Waals surface area contributed by atoms with Gasteiger partial charge in [0.25, 0.3) is 0 Å². The third kappa shape index (κ3) is 2.87. The van der Waals surface area contributed by atoms with Crippen molar-refractivity contribution in [3.8, 4) is 0 Å². The van der Waals surface area contributed by atoms with Gasteiger partial charge in [0.2, 0.25) is 10.0 Å². The van der Waals surface area contributed by atoms with E-state index in [0.29, 0.717) is 30.6 Å². The molecule has 1 aromatic carbocycles. The summed E-state index contributed by atoms with van der Waals surface area (Å²) in [5.41, 5.74) is 6.42. The largest absolute Gasteiger partial charge is 0.469 e. The van der Waals surface area contributed by atoms with Crippen LogP contribution in [0.25, 0.3) is 0 Å². The highest BCUT2D eigenvalue weighted by molar-refractivity contribution is 7.93. The van der Waals surface area contributed by atoms with Gasteiger partial charge >= 0.3 is 5.97 Å². The monoisotopic (exact) mass is 298 g/mol. The number of methoxy groups -OCH3 is 1. The number of nitrogens with two attached hydrogens (primary N) is 1. The molecule has 1 aliphatic carbocycles. The van der Waals surface area contributed by atoms with Gasteiger partial charge < -0.3 is 10.5 Å². The number of carbonyl (C=O) groups excluding carboxylic acids is 1. The molecule has 0 radical (unpaired) electrons. The van der Waals surface area contributed by atoms with Gasteiger partial charge in [-0.05, 0) is 25.0 Å². The first-order chi connectivity index (χ1) is 9.45. The Labute approximate surface area is 118 Å². The smallest absolute Gasteiger partial charge is 0.310 e. The molecule has 20 heavy (non-hydrogen) atoms. The average molecular weight is 298 g/mol. The Balaban J connectivity index is 2.22. The maximum absolute atomic E-state index is 12.4.